The van der Waals surface area contributed by atoms with Crippen LogP contribution in [0.1, 0.15) is 17.7 Å². The molecule has 4 nitrogen and oxygen atoms in total. The van der Waals surface area contributed by atoms with E-state index in [1.54, 1.807) is 13.0 Å². The van der Waals surface area contributed by atoms with Gasteiger partial charge in [0.15, 0.2) is 17.5 Å². The minimum atomic E-state index is -1.52. The SMILES string of the molecule is Cc1cc(Nc2ccc(F)c(F)c2F)nc(N2CCCc3ccccc32)n1. The van der Waals surface area contributed by atoms with E-state index in [-0.39, 0.29) is 5.69 Å². The number of rotatable bonds is 3. The van der Waals surface area contributed by atoms with Gasteiger partial charge in [-0.05, 0) is 43.5 Å². The van der Waals surface area contributed by atoms with Crippen molar-refractivity contribution in [2.24, 2.45) is 0 Å². The molecule has 0 aliphatic carbocycles. The van der Waals surface area contributed by atoms with Crippen LogP contribution in [0.25, 0.3) is 0 Å². The van der Waals surface area contributed by atoms with E-state index in [9.17, 15) is 13.2 Å². The predicted octanol–water partition coefficient (Wildman–Crippen LogP) is 5.03. The second-order valence-electron chi connectivity index (χ2n) is 6.43. The minimum Gasteiger partial charge on any atom is -0.338 e. The fourth-order valence-electron chi connectivity index (χ4n) is 3.24. The van der Waals surface area contributed by atoms with Crippen LogP contribution in [0, 0.1) is 24.4 Å². The molecule has 0 spiro atoms. The number of anilines is 4. The monoisotopic (exact) mass is 370 g/mol. The zero-order valence-electron chi connectivity index (χ0n) is 14.6. The van der Waals surface area contributed by atoms with Gasteiger partial charge in [0.25, 0.3) is 0 Å². The summed E-state index contributed by atoms with van der Waals surface area (Å²) in [7, 11) is 0. The number of aromatic nitrogens is 2. The lowest BCUT2D eigenvalue weighted by Crippen LogP contribution is -2.26. The van der Waals surface area contributed by atoms with Gasteiger partial charge in [-0.25, -0.2) is 18.2 Å². The van der Waals surface area contributed by atoms with Gasteiger partial charge in [0.2, 0.25) is 5.95 Å². The molecule has 0 fully saturated rings. The Morgan fingerprint density at radius 2 is 1.81 bits per heavy atom. The lowest BCUT2D eigenvalue weighted by atomic mass is 10.0. The van der Waals surface area contributed by atoms with Crippen LogP contribution >= 0.6 is 0 Å². The second kappa shape index (κ2) is 6.90. The first-order chi connectivity index (χ1) is 13.0. The Bertz CT molecular complexity index is 1010. The summed E-state index contributed by atoms with van der Waals surface area (Å²) in [6.07, 6.45) is 1.96. The Labute approximate surface area is 154 Å². The van der Waals surface area contributed by atoms with E-state index in [0.29, 0.717) is 17.5 Å². The molecule has 3 aromatic rings. The van der Waals surface area contributed by atoms with E-state index in [0.717, 1.165) is 37.2 Å². The van der Waals surface area contributed by atoms with Crippen molar-refractivity contribution >= 4 is 23.1 Å². The zero-order chi connectivity index (χ0) is 19.0. The summed E-state index contributed by atoms with van der Waals surface area (Å²) in [4.78, 5) is 11.0. The molecular formula is C20H17F3N4. The van der Waals surface area contributed by atoms with Gasteiger partial charge in [-0.1, -0.05) is 18.2 Å². The first-order valence-electron chi connectivity index (χ1n) is 8.64. The topological polar surface area (TPSA) is 41.1 Å². The fraction of sp³-hybridized carbons (Fsp3) is 0.200. The number of nitrogens with one attached hydrogen (secondary N) is 1. The van der Waals surface area contributed by atoms with Gasteiger partial charge >= 0.3 is 0 Å². The Balaban J connectivity index is 1.70. The van der Waals surface area contributed by atoms with Gasteiger partial charge in [-0.15, -0.1) is 0 Å². The quantitative estimate of drug-likeness (QED) is 0.657. The van der Waals surface area contributed by atoms with Crippen molar-refractivity contribution in [3.63, 3.8) is 0 Å². The summed E-state index contributed by atoms with van der Waals surface area (Å²) in [5.41, 5.74) is 2.75. The van der Waals surface area contributed by atoms with E-state index in [2.05, 4.69) is 21.4 Å². The van der Waals surface area contributed by atoms with Crippen molar-refractivity contribution in [2.75, 3.05) is 16.8 Å². The lowest BCUT2D eigenvalue weighted by Gasteiger charge is -2.29. The molecule has 7 heteroatoms. The van der Waals surface area contributed by atoms with Crippen molar-refractivity contribution in [2.45, 2.75) is 19.8 Å². The molecule has 0 bridgehead atoms. The molecule has 0 unspecified atom stereocenters. The summed E-state index contributed by atoms with van der Waals surface area (Å²) in [6, 6.07) is 11.7. The third-order valence-corrected chi connectivity index (χ3v) is 4.49. The highest BCUT2D eigenvalue weighted by Crippen LogP contribution is 2.32. The Kier molecular flexibility index (Phi) is 4.43. The molecule has 1 N–H and O–H groups in total. The van der Waals surface area contributed by atoms with Crippen LogP contribution in [0.3, 0.4) is 0 Å². The molecule has 0 saturated carbocycles. The number of hydrogen-bond donors (Lipinski definition) is 1. The summed E-state index contributed by atoms with van der Waals surface area (Å²) >= 11 is 0. The average molecular weight is 370 g/mol. The van der Waals surface area contributed by atoms with Crippen LogP contribution in [-0.4, -0.2) is 16.5 Å². The van der Waals surface area contributed by atoms with Crippen molar-refractivity contribution in [1.82, 2.24) is 9.97 Å². The molecule has 1 aliphatic rings. The van der Waals surface area contributed by atoms with E-state index in [1.165, 1.54) is 5.56 Å². The van der Waals surface area contributed by atoms with Crippen LogP contribution in [0.15, 0.2) is 42.5 Å². The van der Waals surface area contributed by atoms with Gasteiger partial charge < -0.3 is 10.2 Å². The molecule has 2 aromatic carbocycles. The predicted molar refractivity (Wildman–Crippen MR) is 98.1 cm³/mol. The van der Waals surface area contributed by atoms with E-state index >= 15 is 0 Å². The maximum atomic E-state index is 14.0. The van der Waals surface area contributed by atoms with Crippen LogP contribution < -0.4 is 10.2 Å². The number of aryl methyl sites for hydroxylation is 2. The van der Waals surface area contributed by atoms with Crippen LogP contribution in [0.5, 0.6) is 0 Å². The Morgan fingerprint density at radius 3 is 2.67 bits per heavy atom. The number of para-hydroxylation sites is 1. The number of hydrogen-bond acceptors (Lipinski definition) is 4. The van der Waals surface area contributed by atoms with Gasteiger partial charge in [0.05, 0.1) is 5.69 Å². The molecule has 0 atom stereocenters. The first-order valence-corrected chi connectivity index (χ1v) is 8.64. The number of halogens is 3. The summed E-state index contributed by atoms with van der Waals surface area (Å²) in [6.45, 7) is 2.56. The normalized spacial score (nSPS) is 13.4. The van der Waals surface area contributed by atoms with Crippen LogP contribution in [-0.2, 0) is 6.42 Å². The molecule has 138 valence electrons. The number of fused-ring (bicyclic) bond motifs is 1. The average Bonchev–Trinajstić information content (AvgIpc) is 2.67. The highest BCUT2D eigenvalue weighted by atomic mass is 19.2. The summed E-state index contributed by atoms with van der Waals surface area (Å²) in [5.74, 6) is -3.24. The van der Waals surface area contributed by atoms with E-state index in [4.69, 9.17) is 0 Å². The third kappa shape index (κ3) is 3.32. The fourth-order valence-corrected chi connectivity index (χ4v) is 3.24. The van der Waals surface area contributed by atoms with Crippen LogP contribution in [0.4, 0.5) is 36.3 Å². The highest BCUT2D eigenvalue weighted by Gasteiger charge is 2.21. The van der Waals surface area contributed by atoms with Crippen molar-refractivity contribution in [3.8, 4) is 0 Å². The Hall–Kier alpha value is -3.09. The molecule has 1 aliphatic heterocycles. The largest absolute Gasteiger partial charge is 0.338 e. The van der Waals surface area contributed by atoms with E-state index < -0.39 is 17.5 Å². The molecule has 0 amide bonds. The first kappa shape index (κ1) is 17.3. The summed E-state index contributed by atoms with van der Waals surface area (Å²) < 4.78 is 40.6. The number of nitrogens with zero attached hydrogens (tertiary/aromatic N) is 3. The molecule has 27 heavy (non-hydrogen) atoms. The molecule has 0 radical (unpaired) electrons. The van der Waals surface area contributed by atoms with E-state index in [1.807, 2.05) is 23.1 Å². The van der Waals surface area contributed by atoms with Crippen LogP contribution in [0.2, 0.25) is 0 Å². The molecule has 0 saturated heterocycles. The van der Waals surface area contributed by atoms with Gasteiger partial charge in [0, 0.05) is 24.0 Å². The van der Waals surface area contributed by atoms with Crippen molar-refractivity contribution in [3.05, 3.63) is 71.2 Å². The minimum absolute atomic E-state index is 0.183. The van der Waals surface area contributed by atoms with Gasteiger partial charge in [0.1, 0.15) is 5.82 Å². The second-order valence-corrected chi connectivity index (χ2v) is 6.43. The molecule has 2 heterocycles. The molecular weight excluding hydrogens is 353 g/mol. The number of benzene rings is 2. The zero-order valence-corrected chi connectivity index (χ0v) is 14.6. The summed E-state index contributed by atoms with van der Waals surface area (Å²) in [5, 5.41) is 2.73. The maximum Gasteiger partial charge on any atom is 0.232 e. The van der Waals surface area contributed by atoms with Crippen molar-refractivity contribution < 1.29 is 13.2 Å². The smallest absolute Gasteiger partial charge is 0.232 e. The van der Waals surface area contributed by atoms with Gasteiger partial charge in [-0.3, -0.25) is 0 Å². The highest BCUT2D eigenvalue weighted by molar-refractivity contribution is 5.65. The van der Waals surface area contributed by atoms with Crippen molar-refractivity contribution in [1.29, 1.82) is 0 Å². The third-order valence-electron chi connectivity index (χ3n) is 4.49. The van der Waals surface area contributed by atoms with Gasteiger partial charge in [-0.2, -0.15) is 4.98 Å². The molecule has 1 aromatic heterocycles. The lowest BCUT2D eigenvalue weighted by molar-refractivity contribution is 0.449. The molecule has 4 rings (SSSR count). The standard InChI is InChI=1S/C20H17F3N4/c1-12-11-17(25-15-9-8-14(21)18(22)19(15)23)26-20(24-12)27-10-4-6-13-5-2-3-7-16(13)27/h2-3,5,7-9,11H,4,6,10H2,1H3,(H,24,25,26). The maximum absolute atomic E-state index is 14.0. The Morgan fingerprint density at radius 1 is 1.00 bits per heavy atom.